The van der Waals surface area contributed by atoms with Gasteiger partial charge in [0.2, 0.25) is 0 Å². The Morgan fingerprint density at radius 3 is 2.56 bits per heavy atom. The summed E-state index contributed by atoms with van der Waals surface area (Å²) in [5.41, 5.74) is 7.55. The number of nitrogens with two attached hydrogens (primary N) is 1. The minimum absolute atomic E-state index is 0.450. The minimum atomic E-state index is -4.35. The topological polar surface area (TPSA) is 67.9 Å². The molecule has 1 aliphatic heterocycles. The van der Waals surface area contributed by atoms with Gasteiger partial charge >= 0.3 is 6.18 Å². The number of halogens is 3. The Kier molecular flexibility index (Phi) is 4.56. The van der Waals surface area contributed by atoms with E-state index in [0.29, 0.717) is 16.5 Å². The summed E-state index contributed by atoms with van der Waals surface area (Å²) in [4.78, 5) is 16.4. The number of hydrogen-bond acceptors (Lipinski definition) is 6. The number of benzene rings is 1. The number of aromatic nitrogens is 3. The molecule has 1 aromatic carbocycles. The van der Waals surface area contributed by atoms with Gasteiger partial charge in [0.15, 0.2) is 11.0 Å². The maximum Gasteiger partial charge on any atom is 0.416 e. The second kappa shape index (κ2) is 6.90. The summed E-state index contributed by atoms with van der Waals surface area (Å²) in [6, 6.07) is 4.93. The molecule has 0 spiro atoms. The highest BCUT2D eigenvalue weighted by Crippen LogP contribution is 2.30. The molecule has 0 atom stereocenters. The largest absolute Gasteiger partial charge is 0.416 e. The summed E-state index contributed by atoms with van der Waals surface area (Å²) in [6.45, 7) is 2.34. The Labute approximate surface area is 157 Å². The lowest BCUT2D eigenvalue weighted by Gasteiger charge is -2.27. The van der Waals surface area contributed by atoms with E-state index in [-0.39, 0.29) is 0 Å². The molecule has 4 rings (SSSR count). The van der Waals surface area contributed by atoms with Crippen molar-refractivity contribution in [3.05, 3.63) is 58.4 Å². The van der Waals surface area contributed by atoms with Crippen LogP contribution in [0.1, 0.15) is 21.7 Å². The molecule has 3 heterocycles. The van der Waals surface area contributed by atoms with E-state index in [0.717, 1.165) is 54.3 Å². The molecule has 5 nitrogen and oxygen atoms in total. The van der Waals surface area contributed by atoms with Gasteiger partial charge < -0.3 is 5.73 Å². The minimum Gasteiger partial charge on any atom is -0.375 e. The summed E-state index contributed by atoms with van der Waals surface area (Å²) < 4.78 is 38.1. The number of rotatable bonds is 3. The van der Waals surface area contributed by atoms with Crippen molar-refractivity contribution in [1.82, 2.24) is 19.9 Å². The highest BCUT2D eigenvalue weighted by molar-refractivity contribution is 7.15. The quantitative estimate of drug-likeness (QED) is 0.736. The van der Waals surface area contributed by atoms with Crippen LogP contribution in [0.4, 0.5) is 18.3 Å². The third kappa shape index (κ3) is 3.93. The number of thiazole rings is 1. The molecule has 9 heteroatoms. The van der Waals surface area contributed by atoms with Gasteiger partial charge in [-0.25, -0.2) is 15.0 Å². The number of anilines is 1. The third-order valence-corrected chi connectivity index (χ3v) is 5.25. The number of hydrogen-bond donors (Lipinski definition) is 1. The fourth-order valence-electron chi connectivity index (χ4n) is 3.07. The Balaban J connectivity index is 1.50. The van der Waals surface area contributed by atoms with Crippen LogP contribution in [0.5, 0.6) is 0 Å². The molecule has 2 aromatic heterocycles. The highest BCUT2D eigenvalue weighted by Gasteiger charge is 2.30. The van der Waals surface area contributed by atoms with Crippen LogP contribution in [0.15, 0.2) is 36.7 Å². The normalized spacial score (nSPS) is 14.9. The summed E-state index contributed by atoms with van der Waals surface area (Å²) in [6.07, 6.45) is -0.0243. The van der Waals surface area contributed by atoms with E-state index in [9.17, 15) is 13.2 Å². The van der Waals surface area contributed by atoms with Crippen LogP contribution in [0.3, 0.4) is 0 Å². The standard InChI is InChI=1S/C18H16F3N5S/c19-18(20,21)13-3-1-11(2-4-13)16-23-7-12-9-26(6-5-15(12)25-16)10-14-8-24-17(22)27-14/h1-4,7-8H,5-6,9-10H2,(H2,22,24). The Hall–Kier alpha value is -2.52. The van der Waals surface area contributed by atoms with E-state index in [4.69, 9.17) is 5.73 Å². The van der Waals surface area contributed by atoms with Crippen molar-refractivity contribution < 1.29 is 13.2 Å². The summed E-state index contributed by atoms with van der Waals surface area (Å²) >= 11 is 1.48. The molecule has 0 saturated heterocycles. The van der Waals surface area contributed by atoms with Gasteiger partial charge in [0.05, 0.1) is 11.3 Å². The number of nitrogen functional groups attached to an aromatic ring is 1. The van der Waals surface area contributed by atoms with Gasteiger partial charge in [-0.2, -0.15) is 13.2 Å². The van der Waals surface area contributed by atoms with Crippen molar-refractivity contribution in [1.29, 1.82) is 0 Å². The molecule has 0 bridgehead atoms. The average Bonchev–Trinajstić information content (AvgIpc) is 3.05. The van der Waals surface area contributed by atoms with Crippen molar-refractivity contribution in [2.24, 2.45) is 0 Å². The maximum absolute atomic E-state index is 12.7. The third-order valence-electron chi connectivity index (χ3n) is 4.43. The first kappa shape index (κ1) is 17.9. The second-order valence-electron chi connectivity index (χ2n) is 6.37. The lowest BCUT2D eigenvalue weighted by molar-refractivity contribution is -0.137. The van der Waals surface area contributed by atoms with Crippen molar-refractivity contribution in [2.75, 3.05) is 12.3 Å². The predicted octanol–water partition coefficient (Wildman–Crippen LogP) is 3.76. The van der Waals surface area contributed by atoms with Crippen LogP contribution in [0.25, 0.3) is 11.4 Å². The van der Waals surface area contributed by atoms with Crippen molar-refractivity contribution in [2.45, 2.75) is 25.7 Å². The Morgan fingerprint density at radius 1 is 1.11 bits per heavy atom. The van der Waals surface area contributed by atoms with Gasteiger partial charge in [-0.1, -0.05) is 12.1 Å². The zero-order chi connectivity index (χ0) is 19.0. The van der Waals surface area contributed by atoms with Gasteiger partial charge in [-0.15, -0.1) is 11.3 Å². The maximum atomic E-state index is 12.7. The molecule has 2 N–H and O–H groups in total. The Bertz CT molecular complexity index is 952. The van der Waals surface area contributed by atoms with Crippen LogP contribution in [-0.4, -0.2) is 26.4 Å². The summed E-state index contributed by atoms with van der Waals surface area (Å²) in [7, 11) is 0. The first-order valence-electron chi connectivity index (χ1n) is 8.33. The molecule has 1 aliphatic rings. The van der Waals surface area contributed by atoms with E-state index >= 15 is 0 Å². The van der Waals surface area contributed by atoms with E-state index in [1.807, 2.05) is 0 Å². The molecule has 140 valence electrons. The number of nitrogens with zero attached hydrogens (tertiary/aromatic N) is 4. The fourth-order valence-corrected chi connectivity index (χ4v) is 3.80. The molecule has 0 radical (unpaired) electrons. The zero-order valence-electron chi connectivity index (χ0n) is 14.2. The van der Waals surface area contributed by atoms with E-state index in [2.05, 4.69) is 19.9 Å². The van der Waals surface area contributed by atoms with Crippen LogP contribution >= 0.6 is 11.3 Å². The summed E-state index contributed by atoms with van der Waals surface area (Å²) in [5, 5.41) is 0.562. The fraction of sp³-hybridized carbons (Fsp3) is 0.278. The molecule has 0 unspecified atom stereocenters. The molecule has 0 fully saturated rings. The van der Waals surface area contributed by atoms with Gasteiger partial charge in [0.25, 0.3) is 0 Å². The lowest BCUT2D eigenvalue weighted by Crippen LogP contribution is -2.30. The van der Waals surface area contributed by atoms with Crippen LogP contribution in [0.2, 0.25) is 0 Å². The molecular weight excluding hydrogens is 375 g/mol. The number of fused-ring (bicyclic) bond motifs is 1. The van der Waals surface area contributed by atoms with E-state index < -0.39 is 11.7 Å². The van der Waals surface area contributed by atoms with Gasteiger partial charge in [-0.05, 0) is 12.1 Å². The predicted molar refractivity (Wildman–Crippen MR) is 96.8 cm³/mol. The number of alkyl halides is 3. The van der Waals surface area contributed by atoms with Crippen molar-refractivity contribution in [3.8, 4) is 11.4 Å². The van der Waals surface area contributed by atoms with Crippen LogP contribution in [0, 0.1) is 0 Å². The first-order valence-corrected chi connectivity index (χ1v) is 9.15. The highest BCUT2D eigenvalue weighted by atomic mass is 32.1. The van der Waals surface area contributed by atoms with Gasteiger partial charge in [-0.3, -0.25) is 4.90 Å². The first-order chi connectivity index (χ1) is 12.9. The van der Waals surface area contributed by atoms with Gasteiger partial charge in [0.1, 0.15) is 0 Å². The van der Waals surface area contributed by atoms with Gasteiger partial charge in [0, 0.05) is 54.5 Å². The van der Waals surface area contributed by atoms with Crippen LogP contribution < -0.4 is 5.73 Å². The Morgan fingerprint density at radius 2 is 1.89 bits per heavy atom. The average molecular weight is 391 g/mol. The van der Waals surface area contributed by atoms with E-state index in [1.54, 1.807) is 12.4 Å². The van der Waals surface area contributed by atoms with E-state index in [1.165, 1.54) is 23.5 Å². The zero-order valence-corrected chi connectivity index (χ0v) is 15.0. The van der Waals surface area contributed by atoms with Crippen molar-refractivity contribution >= 4 is 16.5 Å². The molecule has 0 amide bonds. The smallest absolute Gasteiger partial charge is 0.375 e. The molecule has 27 heavy (non-hydrogen) atoms. The molecule has 0 aliphatic carbocycles. The molecule has 0 saturated carbocycles. The van der Waals surface area contributed by atoms with Crippen molar-refractivity contribution in [3.63, 3.8) is 0 Å². The SMILES string of the molecule is Nc1ncc(CN2CCc3nc(-c4ccc(C(F)(F)F)cc4)ncc3C2)s1. The molecular formula is C18H16F3N5S. The lowest BCUT2D eigenvalue weighted by atomic mass is 10.1. The summed E-state index contributed by atoms with van der Waals surface area (Å²) in [5.74, 6) is 0.450. The molecule has 3 aromatic rings. The van der Waals surface area contributed by atoms with Crippen LogP contribution in [-0.2, 0) is 25.7 Å². The second-order valence-corrected chi connectivity index (χ2v) is 7.51. The monoisotopic (exact) mass is 391 g/mol.